The number of amides is 2. The monoisotopic (exact) mass is 916 g/mol. The first-order valence-electron chi connectivity index (χ1n) is 25.1. The van der Waals surface area contributed by atoms with Crippen LogP contribution in [0.3, 0.4) is 0 Å². The van der Waals surface area contributed by atoms with Crippen molar-refractivity contribution in [1.82, 2.24) is 28.9 Å². The van der Waals surface area contributed by atoms with Gasteiger partial charge in [0.25, 0.3) is 0 Å². The van der Waals surface area contributed by atoms with E-state index in [1.807, 2.05) is 55.1 Å². The van der Waals surface area contributed by atoms with Gasteiger partial charge in [-0.25, -0.2) is 19.2 Å². The Morgan fingerprint density at radius 2 is 1.25 bits per heavy atom. The lowest BCUT2D eigenvalue weighted by atomic mass is 9.99. The molecular formula is C56H67N8O4+. The minimum Gasteiger partial charge on any atom is -0.362 e. The minimum atomic E-state index is -1.12. The Bertz CT molecular complexity index is 2780. The molecule has 12 heteroatoms. The molecule has 2 amide bonds. The standard InChI is InChI=1S/C56H67N8O4/c1-37(2)64(55(65)48-17-11-10-16-47(48)49-36-61-32-22-39-12-6-8-14-45(39)51(53(61)57-49)67-43-24-28-59(4)29-25-43)35-34-63(56(64)66)42-20-18-41(19-21-42)50-38(3)62-33-23-40-13-7-9-15-46(40)52(54(62)58-50)68-44-26-30-60(5)31-27-44/h6-21,36-37,43-44,51-52,55,65H,22-35H2,1-5H3/q+1. The van der Waals surface area contributed by atoms with Gasteiger partial charge in [-0.3, -0.25) is 4.90 Å². The van der Waals surface area contributed by atoms with Gasteiger partial charge < -0.3 is 33.5 Å². The van der Waals surface area contributed by atoms with Crippen LogP contribution in [0.5, 0.6) is 0 Å². The summed E-state index contributed by atoms with van der Waals surface area (Å²) in [6.45, 7) is 12.9. The summed E-state index contributed by atoms with van der Waals surface area (Å²) in [5.74, 6) is 1.85. The van der Waals surface area contributed by atoms with Gasteiger partial charge in [-0.2, -0.15) is 0 Å². The summed E-state index contributed by atoms with van der Waals surface area (Å²) in [5.41, 5.74) is 11.2. The molecule has 3 fully saturated rings. The molecule has 1 N–H and O–H groups in total. The molecule has 11 rings (SSSR count). The van der Waals surface area contributed by atoms with Crippen LogP contribution >= 0.6 is 0 Å². The molecule has 2 aromatic heterocycles. The molecule has 4 aromatic carbocycles. The number of aryl methyl sites for hydroxylation is 3. The third kappa shape index (κ3) is 8.02. The van der Waals surface area contributed by atoms with Gasteiger partial charge in [0, 0.05) is 73.5 Å². The topological polar surface area (TPSA) is 101 Å². The van der Waals surface area contributed by atoms with Crippen LogP contribution < -0.4 is 4.90 Å². The maximum absolute atomic E-state index is 15.1. The lowest BCUT2D eigenvalue weighted by molar-refractivity contribution is -0.916. The maximum Gasteiger partial charge on any atom is 0.426 e. The van der Waals surface area contributed by atoms with E-state index in [1.54, 1.807) is 0 Å². The molecule has 4 atom stereocenters. The van der Waals surface area contributed by atoms with E-state index in [4.69, 9.17) is 19.4 Å². The number of hydrogen-bond acceptors (Lipinski definition) is 8. The summed E-state index contributed by atoms with van der Waals surface area (Å²) in [4.78, 5) is 32.4. The number of benzene rings is 4. The van der Waals surface area contributed by atoms with E-state index in [1.165, 1.54) is 22.3 Å². The Morgan fingerprint density at radius 3 is 1.88 bits per heavy atom. The average Bonchev–Trinajstić information content (AvgIpc) is 3.99. The molecule has 3 saturated heterocycles. The predicted molar refractivity (Wildman–Crippen MR) is 265 cm³/mol. The van der Waals surface area contributed by atoms with Crippen molar-refractivity contribution in [3.63, 3.8) is 0 Å². The number of aromatic nitrogens is 4. The molecule has 5 aliphatic heterocycles. The highest BCUT2D eigenvalue weighted by atomic mass is 16.5. The van der Waals surface area contributed by atoms with E-state index in [0.717, 1.165) is 123 Å². The first kappa shape index (κ1) is 45.0. The van der Waals surface area contributed by atoms with Gasteiger partial charge in [0.15, 0.2) is 0 Å². The van der Waals surface area contributed by atoms with Crippen molar-refractivity contribution in [3.05, 3.63) is 148 Å². The van der Waals surface area contributed by atoms with Gasteiger partial charge in [0.05, 0.1) is 36.2 Å². The zero-order valence-electron chi connectivity index (χ0n) is 40.4. The molecule has 354 valence electrons. The normalized spacial score (nSPS) is 23.2. The highest BCUT2D eigenvalue weighted by Gasteiger charge is 2.55. The van der Waals surface area contributed by atoms with Gasteiger partial charge in [-0.1, -0.05) is 78.9 Å². The second kappa shape index (κ2) is 18.5. The highest BCUT2D eigenvalue weighted by Crippen LogP contribution is 2.43. The van der Waals surface area contributed by atoms with Crippen LogP contribution in [0.1, 0.15) is 103 Å². The number of fused-ring (bicyclic) bond motifs is 4. The van der Waals surface area contributed by atoms with Crippen molar-refractivity contribution in [1.29, 1.82) is 0 Å². The number of quaternary nitrogens is 1. The largest absolute Gasteiger partial charge is 0.426 e. The van der Waals surface area contributed by atoms with Crippen molar-refractivity contribution < 1.29 is 23.9 Å². The maximum atomic E-state index is 15.1. The zero-order valence-corrected chi connectivity index (χ0v) is 40.4. The zero-order chi connectivity index (χ0) is 46.7. The summed E-state index contributed by atoms with van der Waals surface area (Å²) in [5, 5.41) is 12.7. The van der Waals surface area contributed by atoms with Crippen LogP contribution in [-0.2, 0) is 35.4 Å². The van der Waals surface area contributed by atoms with Crippen molar-refractivity contribution in [2.45, 2.75) is 109 Å². The van der Waals surface area contributed by atoms with Gasteiger partial charge in [0.1, 0.15) is 30.4 Å². The second-order valence-corrected chi connectivity index (χ2v) is 20.4. The molecule has 0 saturated carbocycles. The van der Waals surface area contributed by atoms with E-state index in [2.05, 4.69) is 107 Å². The van der Waals surface area contributed by atoms with Crippen molar-refractivity contribution in [2.75, 3.05) is 58.3 Å². The molecule has 68 heavy (non-hydrogen) atoms. The first-order chi connectivity index (χ1) is 33.1. The number of imidazole rings is 2. The number of ether oxygens (including phenoxy) is 2. The van der Waals surface area contributed by atoms with Gasteiger partial charge >= 0.3 is 6.03 Å². The fourth-order valence-corrected chi connectivity index (χ4v) is 11.9. The number of nitrogens with zero attached hydrogens (tertiary/aromatic N) is 8. The van der Waals surface area contributed by atoms with Crippen LogP contribution in [0.4, 0.5) is 10.5 Å². The number of anilines is 1. The first-order valence-corrected chi connectivity index (χ1v) is 25.1. The van der Waals surface area contributed by atoms with Crippen molar-refractivity contribution >= 4 is 11.7 Å². The number of carbonyl (C=O) groups is 1. The van der Waals surface area contributed by atoms with E-state index >= 15 is 4.79 Å². The Hall–Kier alpha value is -5.47. The number of urea groups is 1. The van der Waals surface area contributed by atoms with E-state index in [0.29, 0.717) is 18.7 Å². The molecule has 6 aromatic rings. The number of rotatable bonds is 10. The molecular weight excluding hydrogens is 849 g/mol. The van der Waals surface area contributed by atoms with Crippen LogP contribution in [0, 0.1) is 6.92 Å². The molecule has 0 bridgehead atoms. The number of likely N-dealkylation sites (tertiary alicyclic amines) is 2. The molecule has 0 radical (unpaired) electrons. The van der Waals surface area contributed by atoms with E-state index in [9.17, 15) is 5.11 Å². The highest BCUT2D eigenvalue weighted by molar-refractivity contribution is 5.89. The lowest BCUT2D eigenvalue weighted by Gasteiger charge is -2.39. The van der Waals surface area contributed by atoms with Crippen molar-refractivity contribution in [2.24, 2.45) is 0 Å². The van der Waals surface area contributed by atoms with Crippen LogP contribution in [0.2, 0.25) is 0 Å². The molecule has 4 unspecified atom stereocenters. The summed E-state index contributed by atoms with van der Waals surface area (Å²) < 4.78 is 18.5. The van der Waals surface area contributed by atoms with Crippen molar-refractivity contribution in [3.8, 4) is 22.5 Å². The van der Waals surface area contributed by atoms with Gasteiger partial charge in [0.2, 0.25) is 6.23 Å². The number of aliphatic hydroxyl groups excluding tert-OH is 1. The summed E-state index contributed by atoms with van der Waals surface area (Å²) in [6.07, 6.45) is 6.58. The third-order valence-corrected chi connectivity index (χ3v) is 16.0. The number of piperidine rings is 2. The van der Waals surface area contributed by atoms with E-state index in [-0.39, 0.29) is 41.0 Å². The number of hydrogen-bond donors (Lipinski definition) is 1. The predicted octanol–water partition coefficient (Wildman–Crippen LogP) is 9.09. The summed E-state index contributed by atoms with van der Waals surface area (Å²) in [6, 6.07) is 33.2. The Labute approximate surface area is 401 Å². The Morgan fingerprint density at radius 1 is 0.676 bits per heavy atom. The third-order valence-electron chi connectivity index (χ3n) is 16.0. The molecule has 0 spiro atoms. The average molecular weight is 916 g/mol. The number of aliphatic hydroxyl groups is 1. The second-order valence-electron chi connectivity index (χ2n) is 20.4. The van der Waals surface area contributed by atoms with E-state index < -0.39 is 6.23 Å². The molecule has 12 nitrogen and oxygen atoms in total. The molecule has 0 aliphatic carbocycles. The van der Waals surface area contributed by atoms with Crippen LogP contribution in [0.15, 0.2) is 103 Å². The fraction of sp³-hybridized carbons (Fsp3) is 0.446. The van der Waals surface area contributed by atoms with Crippen LogP contribution in [0.25, 0.3) is 22.5 Å². The fourth-order valence-electron chi connectivity index (χ4n) is 11.9. The smallest absolute Gasteiger partial charge is 0.362 e. The summed E-state index contributed by atoms with van der Waals surface area (Å²) in [7, 11) is 4.36. The molecule has 7 heterocycles. The summed E-state index contributed by atoms with van der Waals surface area (Å²) >= 11 is 0. The lowest BCUT2D eigenvalue weighted by Crippen LogP contribution is -2.58. The van der Waals surface area contributed by atoms with Gasteiger partial charge in [-0.05, 0) is 114 Å². The number of carbonyl (C=O) groups excluding carboxylic acids is 1. The molecule has 5 aliphatic rings. The SMILES string of the molecule is Cc1c(-c2ccc(N3CC[N+](C(C)C)(C(O)c4ccccc4-c4cn5c(n4)C(OC4CCN(C)CC4)c4ccccc4CC5)C3=O)cc2)nc2n1CCc1ccccc1C2OC1CCN(C)CC1. The quantitative estimate of drug-likeness (QED) is 0.136. The Kier molecular flexibility index (Phi) is 12.2. The van der Waals surface area contributed by atoms with Crippen LogP contribution in [-0.4, -0.2) is 116 Å². The minimum absolute atomic E-state index is 0.115. The van der Waals surface area contributed by atoms with Gasteiger partial charge in [-0.15, -0.1) is 0 Å². The Balaban J connectivity index is 0.866.